The van der Waals surface area contributed by atoms with Crippen LogP contribution in [0.1, 0.15) is 33.4 Å². The molecular formula is C33H28Hf. The van der Waals surface area contributed by atoms with Crippen LogP contribution in [-0.2, 0) is 30.3 Å². The summed E-state index contributed by atoms with van der Waals surface area (Å²) in [7, 11) is 0. The van der Waals surface area contributed by atoms with Gasteiger partial charge < -0.3 is 0 Å². The molecule has 5 aromatic carbocycles. The minimum atomic E-state index is 1.05. The zero-order chi connectivity index (χ0) is 23.8. The zero-order valence-corrected chi connectivity index (χ0v) is 23.3. The molecule has 0 bridgehead atoms. The quantitative estimate of drug-likeness (QED) is 0.140. The number of rotatable bonds is 2. The van der Waals surface area contributed by atoms with E-state index in [0.717, 1.165) is 30.3 Å². The minimum Gasteiger partial charge on any atom is -0.214 e. The predicted octanol–water partition coefficient (Wildman–Crippen LogP) is 7.88. The van der Waals surface area contributed by atoms with Gasteiger partial charge in [0.2, 0.25) is 0 Å². The summed E-state index contributed by atoms with van der Waals surface area (Å²) in [6, 6.07) is 45.4. The SMILES string of the molecule is Cc1cccc([C](=[Hf+2])c2ccccc2)c1C.[c-]1cccc2c1Cc1ccccc1-2.c1cc[cH-]c1. The Bertz CT molecular complexity index is 1280. The molecule has 0 radical (unpaired) electrons. The molecule has 0 saturated carbocycles. The van der Waals surface area contributed by atoms with Crippen molar-refractivity contribution in [2.75, 3.05) is 0 Å². The Morgan fingerprint density at radius 3 is 2.18 bits per heavy atom. The van der Waals surface area contributed by atoms with Gasteiger partial charge in [-0.25, -0.2) is 12.1 Å². The Balaban J connectivity index is 0.000000136. The van der Waals surface area contributed by atoms with Crippen molar-refractivity contribution in [1.82, 2.24) is 0 Å². The third-order valence-electron chi connectivity index (χ3n) is 6.11. The van der Waals surface area contributed by atoms with Crippen molar-refractivity contribution in [2.24, 2.45) is 0 Å². The van der Waals surface area contributed by atoms with Crippen LogP contribution in [0.4, 0.5) is 0 Å². The molecule has 0 N–H and O–H groups in total. The van der Waals surface area contributed by atoms with Gasteiger partial charge in [0.1, 0.15) is 0 Å². The Hall–Kier alpha value is -3.03. The zero-order valence-electron chi connectivity index (χ0n) is 19.8. The van der Waals surface area contributed by atoms with Gasteiger partial charge in [-0.2, -0.15) is 48.0 Å². The van der Waals surface area contributed by atoms with Gasteiger partial charge in [0, 0.05) is 0 Å². The van der Waals surface area contributed by atoms with E-state index in [2.05, 4.69) is 105 Å². The maximum Gasteiger partial charge on any atom is -0.0253 e. The van der Waals surface area contributed by atoms with Crippen molar-refractivity contribution >= 4 is 3.26 Å². The average molecular weight is 603 g/mol. The topological polar surface area (TPSA) is 0 Å². The fourth-order valence-corrected chi connectivity index (χ4v) is 5.67. The summed E-state index contributed by atoms with van der Waals surface area (Å²) in [5.74, 6) is 0. The summed E-state index contributed by atoms with van der Waals surface area (Å²) in [5, 5.41) is 0. The van der Waals surface area contributed by atoms with Crippen LogP contribution in [-0.4, -0.2) is 3.26 Å². The van der Waals surface area contributed by atoms with Crippen LogP contribution in [0, 0.1) is 19.9 Å². The molecular weight excluding hydrogens is 575 g/mol. The molecule has 0 amide bonds. The van der Waals surface area contributed by atoms with Gasteiger partial charge in [-0.05, 0) is 6.42 Å². The largest absolute Gasteiger partial charge is 0.214 e. The van der Waals surface area contributed by atoms with E-state index < -0.39 is 0 Å². The van der Waals surface area contributed by atoms with Crippen molar-refractivity contribution in [2.45, 2.75) is 20.3 Å². The van der Waals surface area contributed by atoms with Gasteiger partial charge in [-0.3, -0.25) is 0 Å². The second-order valence-corrected chi connectivity index (χ2v) is 10.1. The van der Waals surface area contributed by atoms with E-state index in [4.69, 9.17) is 0 Å². The van der Waals surface area contributed by atoms with Crippen LogP contribution >= 0.6 is 0 Å². The molecule has 0 heterocycles. The van der Waals surface area contributed by atoms with Crippen LogP contribution in [0.5, 0.6) is 0 Å². The summed E-state index contributed by atoms with van der Waals surface area (Å²) in [6.45, 7) is 4.39. The summed E-state index contributed by atoms with van der Waals surface area (Å²) in [5.41, 5.74) is 11.1. The molecule has 1 aliphatic rings. The van der Waals surface area contributed by atoms with E-state index in [9.17, 15) is 0 Å². The van der Waals surface area contributed by atoms with Crippen LogP contribution in [0.2, 0.25) is 0 Å². The summed E-state index contributed by atoms with van der Waals surface area (Å²) >= 11 is 1.08. The summed E-state index contributed by atoms with van der Waals surface area (Å²) < 4.78 is 1.49. The predicted molar refractivity (Wildman–Crippen MR) is 141 cm³/mol. The molecule has 6 rings (SSSR count). The first-order valence-corrected chi connectivity index (χ1v) is 13.4. The molecule has 1 heteroatoms. The van der Waals surface area contributed by atoms with Gasteiger partial charge >= 0.3 is 112 Å². The molecule has 0 aromatic heterocycles. The van der Waals surface area contributed by atoms with E-state index in [-0.39, 0.29) is 0 Å². The van der Waals surface area contributed by atoms with Crippen molar-refractivity contribution in [3.63, 3.8) is 0 Å². The fourth-order valence-electron chi connectivity index (χ4n) is 4.10. The second-order valence-electron chi connectivity index (χ2n) is 8.35. The molecule has 0 fully saturated rings. The first kappa shape index (κ1) is 24.1. The minimum absolute atomic E-state index is 1.05. The second kappa shape index (κ2) is 11.9. The van der Waals surface area contributed by atoms with Gasteiger partial charge in [0.15, 0.2) is 0 Å². The van der Waals surface area contributed by atoms with Crippen molar-refractivity contribution in [1.29, 1.82) is 0 Å². The molecule has 0 unspecified atom stereocenters. The summed E-state index contributed by atoms with van der Waals surface area (Å²) in [4.78, 5) is 0. The average Bonchev–Trinajstić information content (AvgIpc) is 3.58. The molecule has 5 aromatic rings. The Labute approximate surface area is 218 Å². The number of fused-ring (bicyclic) bond motifs is 3. The molecule has 0 atom stereocenters. The fraction of sp³-hybridized carbons (Fsp3) is 0.0909. The molecule has 0 nitrogen and oxygen atoms in total. The number of hydrogen-bond acceptors (Lipinski definition) is 0. The molecule has 0 saturated heterocycles. The third-order valence-corrected chi connectivity index (χ3v) is 8.11. The monoisotopic (exact) mass is 604 g/mol. The Kier molecular flexibility index (Phi) is 8.44. The van der Waals surface area contributed by atoms with E-state index in [1.807, 2.05) is 36.4 Å². The number of aryl methyl sites for hydroxylation is 1. The van der Waals surface area contributed by atoms with Crippen molar-refractivity contribution in [3.8, 4) is 11.1 Å². The molecule has 1 aliphatic carbocycles. The molecule has 164 valence electrons. The van der Waals surface area contributed by atoms with E-state index >= 15 is 0 Å². The van der Waals surface area contributed by atoms with Gasteiger partial charge in [0.25, 0.3) is 0 Å². The van der Waals surface area contributed by atoms with Crippen LogP contribution in [0.25, 0.3) is 11.1 Å². The van der Waals surface area contributed by atoms with E-state index in [1.54, 1.807) is 0 Å². The Morgan fingerprint density at radius 1 is 0.735 bits per heavy atom. The van der Waals surface area contributed by atoms with Crippen molar-refractivity contribution in [3.05, 3.63) is 161 Å². The van der Waals surface area contributed by atoms with E-state index in [1.165, 1.54) is 47.8 Å². The molecule has 0 aliphatic heterocycles. The van der Waals surface area contributed by atoms with Crippen molar-refractivity contribution < 1.29 is 23.9 Å². The van der Waals surface area contributed by atoms with Gasteiger partial charge in [-0.1, -0.05) is 35.4 Å². The maximum atomic E-state index is 3.30. The molecule has 0 spiro atoms. The normalized spacial score (nSPS) is 10.7. The first-order valence-electron chi connectivity index (χ1n) is 11.6. The maximum absolute atomic E-state index is 3.30. The van der Waals surface area contributed by atoms with Crippen LogP contribution in [0.15, 0.2) is 121 Å². The standard InChI is InChI=1S/C15H14.C13H9.C5H5.Hf/c1-12-7-6-10-15(13(12)2)11-14-8-4-3-5-9-14;1-3-7-12-10(5-1)9-11-6-2-4-8-13(11)12;1-2-4-5-3-1;/h3-10H,1-2H3;1-5,7-8H,9H2;1-5H;/q;2*-1;+2. The van der Waals surface area contributed by atoms with E-state index in [0.29, 0.717) is 0 Å². The first-order chi connectivity index (χ1) is 16.6. The third kappa shape index (κ3) is 5.90. The number of benzene rings is 4. The summed E-state index contributed by atoms with van der Waals surface area (Å²) in [6.07, 6.45) is 1.05. The van der Waals surface area contributed by atoms with Crippen LogP contribution in [0.3, 0.4) is 0 Å². The number of hydrogen-bond donors (Lipinski definition) is 0. The van der Waals surface area contributed by atoms with Gasteiger partial charge in [-0.15, -0.1) is 5.56 Å². The van der Waals surface area contributed by atoms with Crippen LogP contribution < -0.4 is 0 Å². The van der Waals surface area contributed by atoms with Gasteiger partial charge in [0.05, 0.1) is 0 Å². The molecule has 34 heavy (non-hydrogen) atoms. The smallest absolute Gasteiger partial charge is 0.0253 e. The Morgan fingerprint density at radius 2 is 1.44 bits per heavy atom.